The van der Waals surface area contributed by atoms with E-state index in [1.165, 1.54) is 5.56 Å². The molecule has 0 fully saturated rings. The first-order valence-corrected chi connectivity index (χ1v) is 5.74. The van der Waals surface area contributed by atoms with Crippen molar-refractivity contribution in [2.45, 2.75) is 6.54 Å². The Morgan fingerprint density at radius 3 is 2.25 bits per heavy atom. The molecule has 90 valence electrons. The Bertz CT molecular complexity index is 275. The minimum atomic E-state index is 0.222. The summed E-state index contributed by atoms with van der Waals surface area (Å²) in [6.07, 6.45) is 0. The van der Waals surface area contributed by atoms with Gasteiger partial charge >= 0.3 is 0 Å². The topological polar surface area (TPSA) is 26.7 Å². The molecule has 3 heteroatoms. The van der Waals surface area contributed by atoms with Gasteiger partial charge in [0.15, 0.2) is 0 Å². The molecule has 1 N–H and O–H groups in total. The highest BCUT2D eigenvalue weighted by Gasteiger charge is 2.05. The molecular weight excluding hydrogens is 200 g/mol. The molecule has 1 rings (SSSR count). The first kappa shape index (κ1) is 13.2. The van der Waals surface area contributed by atoms with E-state index in [2.05, 4.69) is 48.2 Å². The summed E-state index contributed by atoms with van der Waals surface area (Å²) in [6, 6.07) is 10.4. The molecule has 0 unspecified atom stereocenters. The molecule has 0 bridgehead atoms. The molecular formula is C13H22N2O. The van der Waals surface area contributed by atoms with Crippen LogP contribution in [0.1, 0.15) is 5.56 Å². The highest BCUT2D eigenvalue weighted by atomic mass is 16.3. The average molecular weight is 222 g/mol. The van der Waals surface area contributed by atoms with Crippen LogP contribution in [0.4, 0.5) is 0 Å². The summed E-state index contributed by atoms with van der Waals surface area (Å²) in [7, 11) is 4.14. The van der Waals surface area contributed by atoms with Crippen molar-refractivity contribution in [1.29, 1.82) is 0 Å². The van der Waals surface area contributed by atoms with Crippen LogP contribution in [0.25, 0.3) is 0 Å². The average Bonchev–Trinajstić information content (AvgIpc) is 2.27. The van der Waals surface area contributed by atoms with Crippen molar-refractivity contribution in [2.75, 3.05) is 40.3 Å². The Kier molecular flexibility index (Phi) is 6.08. The minimum Gasteiger partial charge on any atom is -0.395 e. The van der Waals surface area contributed by atoms with Crippen LogP contribution in [0.5, 0.6) is 0 Å². The second kappa shape index (κ2) is 7.39. The Morgan fingerprint density at radius 1 is 1.00 bits per heavy atom. The number of hydrogen-bond donors (Lipinski definition) is 1. The minimum absolute atomic E-state index is 0.222. The van der Waals surface area contributed by atoms with E-state index in [1.54, 1.807) is 0 Å². The fraction of sp³-hybridized carbons (Fsp3) is 0.538. The maximum atomic E-state index is 9.02. The van der Waals surface area contributed by atoms with Gasteiger partial charge in [-0.3, -0.25) is 4.90 Å². The zero-order valence-corrected chi connectivity index (χ0v) is 10.3. The molecule has 0 saturated heterocycles. The maximum Gasteiger partial charge on any atom is 0.0558 e. The third-order valence-electron chi connectivity index (χ3n) is 2.53. The summed E-state index contributed by atoms with van der Waals surface area (Å²) >= 11 is 0. The van der Waals surface area contributed by atoms with Crippen LogP contribution < -0.4 is 0 Å². The molecule has 0 amide bonds. The lowest BCUT2D eigenvalue weighted by atomic mass is 10.2. The number of benzene rings is 1. The molecule has 0 aliphatic carbocycles. The number of aliphatic hydroxyl groups excluding tert-OH is 1. The Balaban J connectivity index is 2.44. The van der Waals surface area contributed by atoms with Crippen LogP contribution >= 0.6 is 0 Å². The van der Waals surface area contributed by atoms with Crippen molar-refractivity contribution in [3.05, 3.63) is 35.9 Å². The number of nitrogens with zero attached hydrogens (tertiary/aromatic N) is 2. The van der Waals surface area contributed by atoms with Gasteiger partial charge in [0, 0.05) is 26.2 Å². The summed E-state index contributed by atoms with van der Waals surface area (Å²) in [5.41, 5.74) is 1.30. The predicted molar refractivity (Wildman–Crippen MR) is 67.4 cm³/mol. The molecule has 1 aromatic rings. The standard InChI is InChI=1S/C13H22N2O/c1-14(2)8-9-15(10-11-16)12-13-6-4-3-5-7-13/h3-7,16H,8-12H2,1-2H3. The van der Waals surface area contributed by atoms with E-state index in [0.29, 0.717) is 0 Å². The molecule has 0 aliphatic heterocycles. The van der Waals surface area contributed by atoms with Crippen LogP contribution in [0.15, 0.2) is 30.3 Å². The van der Waals surface area contributed by atoms with Crippen molar-refractivity contribution >= 4 is 0 Å². The van der Waals surface area contributed by atoms with E-state index in [0.717, 1.165) is 26.2 Å². The van der Waals surface area contributed by atoms with Gasteiger partial charge in [0.05, 0.1) is 6.61 Å². The van der Waals surface area contributed by atoms with Gasteiger partial charge in [-0.25, -0.2) is 0 Å². The molecule has 16 heavy (non-hydrogen) atoms. The molecule has 0 aromatic heterocycles. The van der Waals surface area contributed by atoms with Gasteiger partial charge in [0.1, 0.15) is 0 Å². The summed E-state index contributed by atoms with van der Waals surface area (Å²) in [4.78, 5) is 4.44. The van der Waals surface area contributed by atoms with Gasteiger partial charge in [-0.15, -0.1) is 0 Å². The Hall–Kier alpha value is -0.900. The smallest absolute Gasteiger partial charge is 0.0558 e. The van der Waals surface area contributed by atoms with Crippen molar-refractivity contribution in [3.8, 4) is 0 Å². The van der Waals surface area contributed by atoms with Crippen LogP contribution in [-0.2, 0) is 6.54 Å². The van der Waals surface area contributed by atoms with Gasteiger partial charge in [0.2, 0.25) is 0 Å². The van der Waals surface area contributed by atoms with E-state index in [4.69, 9.17) is 5.11 Å². The van der Waals surface area contributed by atoms with Gasteiger partial charge in [-0.05, 0) is 19.7 Å². The fourth-order valence-electron chi connectivity index (χ4n) is 1.59. The number of likely N-dealkylation sites (N-methyl/N-ethyl adjacent to an activating group) is 1. The second-order valence-corrected chi connectivity index (χ2v) is 4.29. The van der Waals surface area contributed by atoms with Gasteiger partial charge in [0.25, 0.3) is 0 Å². The first-order chi connectivity index (χ1) is 7.72. The largest absolute Gasteiger partial charge is 0.395 e. The normalized spacial score (nSPS) is 11.3. The van der Waals surface area contributed by atoms with Crippen molar-refractivity contribution in [1.82, 2.24) is 9.80 Å². The van der Waals surface area contributed by atoms with Gasteiger partial charge < -0.3 is 10.0 Å². The second-order valence-electron chi connectivity index (χ2n) is 4.29. The van der Waals surface area contributed by atoms with E-state index in [-0.39, 0.29) is 6.61 Å². The maximum absolute atomic E-state index is 9.02. The molecule has 0 saturated carbocycles. The van der Waals surface area contributed by atoms with Crippen LogP contribution in [0.2, 0.25) is 0 Å². The highest BCUT2D eigenvalue weighted by Crippen LogP contribution is 2.03. The zero-order chi connectivity index (χ0) is 11.8. The van der Waals surface area contributed by atoms with Crippen LogP contribution in [0.3, 0.4) is 0 Å². The first-order valence-electron chi connectivity index (χ1n) is 5.74. The van der Waals surface area contributed by atoms with E-state index in [9.17, 15) is 0 Å². The Labute approximate surface area is 98.3 Å². The zero-order valence-electron chi connectivity index (χ0n) is 10.3. The van der Waals surface area contributed by atoms with Crippen molar-refractivity contribution in [2.24, 2.45) is 0 Å². The summed E-state index contributed by atoms with van der Waals surface area (Å²) in [6.45, 7) is 3.88. The number of rotatable bonds is 7. The molecule has 0 spiro atoms. The van der Waals surface area contributed by atoms with Crippen molar-refractivity contribution < 1.29 is 5.11 Å². The molecule has 0 radical (unpaired) electrons. The highest BCUT2D eigenvalue weighted by molar-refractivity contribution is 5.14. The molecule has 0 aliphatic rings. The summed E-state index contributed by atoms with van der Waals surface area (Å²) in [5, 5.41) is 9.02. The van der Waals surface area contributed by atoms with Crippen LogP contribution in [0, 0.1) is 0 Å². The lowest BCUT2D eigenvalue weighted by Gasteiger charge is -2.23. The molecule has 0 atom stereocenters. The lowest BCUT2D eigenvalue weighted by molar-refractivity contribution is 0.178. The number of aliphatic hydroxyl groups is 1. The quantitative estimate of drug-likeness (QED) is 0.747. The molecule has 3 nitrogen and oxygen atoms in total. The van der Waals surface area contributed by atoms with Gasteiger partial charge in [-0.1, -0.05) is 30.3 Å². The number of hydrogen-bond acceptors (Lipinski definition) is 3. The molecule has 1 aromatic carbocycles. The molecule has 0 heterocycles. The van der Waals surface area contributed by atoms with E-state index in [1.807, 2.05) is 6.07 Å². The van der Waals surface area contributed by atoms with Crippen LogP contribution in [-0.4, -0.2) is 55.2 Å². The lowest BCUT2D eigenvalue weighted by Crippen LogP contribution is -2.33. The van der Waals surface area contributed by atoms with Crippen molar-refractivity contribution in [3.63, 3.8) is 0 Å². The predicted octanol–water partition coefficient (Wildman–Crippen LogP) is 1.04. The van der Waals surface area contributed by atoms with E-state index < -0.39 is 0 Å². The third-order valence-corrected chi connectivity index (χ3v) is 2.53. The van der Waals surface area contributed by atoms with E-state index >= 15 is 0 Å². The Morgan fingerprint density at radius 2 is 1.69 bits per heavy atom. The third kappa shape index (κ3) is 5.26. The fourth-order valence-corrected chi connectivity index (χ4v) is 1.59. The monoisotopic (exact) mass is 222 g/mol. The summed E-state index contributed by atoms with van der Waals surface area (Å²) in [5.74, 6) is 0. The summed E-state index contributed by atoms with van der Waals surface area (Å²) < 4.78 is 0. The van der Waals surface area contributed by atoms with Gasteiger partial charge in [-0.2, -0.15) is 0 Å². The SMILES string of the molecule is CN(C)CCN(CCO)Cc1ccccc1.